The zero-order valence-electron chi connectivity index (χ0n) is 12.9. The maximum absolute atomic E-state index is 12.4. The zero-order chi connectivity index (χ0) is 15.0. The van der Waals surface area contributed by atoms with E-state index in [1.807, 2.05) is 12.1 Å². The minimum Gasteiger partial charge on any atom is -0.399 e. The smallest absolute Gasteiger partial charge is 0.241 e. The van der Waals surface area contributed by atoms with Gasteiger partial charge in [0.15, 0.2) is 0 Å². The molecular weight excluding hydrogens is 250 g/mol. The summed E-state index contributed by atoms with van der Waals surface area (Å²) in [6.07, 6.45) is 3.09. The van der Waals surface area contributed by atoms with Crippen LogP contribution in [0.3, 0.4) is 0 Å². The lowest BCUT2D eigenvalue weighted by Gasteiger charge is -2.28. The van der Waals surface area contributed by atoms with Gasteiger partial charge in [0.1, 0.15) is 0 Å². The van der Waals surface area contributed by atoms with E-state index in [4.69, 9.17) is 5.73 Å². The lowest BCUT2D eigenvalue weighted by atomic mass is 10.1. The fourth-order valence-electron chi connectivity index (χ4n) is 2.30. The van der Waals surface area contributed by atoms with E-state index in [0.29, 0.717) is 5.69 Å². The molecule has 0 saturated carbocycles. The first kappa shape index (κ1) is 16.5. The first-order chi connectivity index (χ1) is 9.62. The second kappa shape index (κ2) is 8.59. The van der Waals surface area contributed by atoms with Gasteiger partial charge in [0.25, 0.3) is 0 Å². The lowest BCUT2D eigenvalue weighted by Crippen LogP contribution is -2.44. The van der Waals surface area contributed by atoms with Crippen molar-refractivity contribution in [3.05, 3.63) is 24.3 Å². The molecule has 1 unspecified atom stereocenters. The molecule has 0 aliphatic rings. The van der Waals surface area contributed by atoms with Gasteiger partial charge in [-0.2, -0.15) is 0 Å². The van der Waals surface area contributed by atoms with Crippen molar-refractivity contribution in [1.29, 1.82) is 0 Å². The summed E-state index contributed by atoms with van der Waals surface area (Å²) < 4.78 is 0. The number of benzene rings is 1. The molecule has 0 heterocycles. The second-order valence-corrected chi connectivity index (χ2v) is 5.02. The third kappa shape index (κ3) is 4.85. The van der Waals surface area contributed by atoms with E-state index in [0.717, 1.165) is 38.0 Å². The molecular formula is C16H27N3O. The summed E-state index contributed by atoms with van der Waals surface area (Å²) in [6, 6.07) is 7.20. The average molecular weight is 277 g/mol. The van der Waals surface area contributed by atoms with E-state index < -0.39 is 0 Å². The monoisotopic (exact) mass is 277 g/mol. The molecule has 0 aliphatic heterocycles. The van der Waals surface area contributed by atoms with Crippen LogP contribution in [0.2, 0.25) is 0 Å². The molecule has 0 fully saturated rings. The first-order valence-electron chi connectivity index (χ1n) is 7.52. The number of hydrogen-bond donors (Lipinski definition) is 2. The van der Waals surface area contributed by atoms with E-state index in [-0.39, 0.29) is 11.9 Å². The Morgan fingerprint density at radius 2 is 1.90 bits per heavy atom. The van der Waals surface area contributed by atoms with Crippen LogP contribution < -0.4 is 11.1 Å². The van der Waals surface area contributed by atoms with Crippen molar-refractivity contribution < 1.29 is 4.79 Å². The zero-order valence-corrected chi connectivity index (χ0v) is 12.9. The number of carbonyl (C=O) groups is 1. The summed E-state index contributed by atoms with van der Waals surface area (Å²) in [7, 11) is 0. The molecule has 1 aromatic rings. The number of nitrogens with zero attached hydrogens (tertiary/aromatic N) is 1. The number of nitrogens with one attached hydrogen (secondary N) is 1. The Kier molecular flexibility index (Phi) is 7.09. The molecule has 1 rings (SSSR count). The summed E-state index contributed by atoms with van der Waals surface area (Å²) in [5.41, 5.74) is 7.15. The third-order valence-electron chi connectivity index (χ3n) is 3.51. The van der Waals surface area contributed by atoms with Gasteiger partial charge < -0.3 is 11.1 Å². The van der Waals surface area contributed by atoms with Gasteiger partial charge in [-0.25, -0.2) is 0 Å². The van der Waals surface area contributed by atoms with Crippen molar-refractivity contribution in [1.82, 2.24) is 4.90 Å². The molecule has 0 aromatic heterocycles. The Labute approximate surface area is 122 Å². The summed E-state index contributed by atoms with van der Waals surface area (Å²) in [6.45, 7) is 8.20. The minimum atomic E-state index is -0.0656. The molecule has 4 nitrogen and oxygen atoms in total. The van der Waals surface area contributed by atoms with Crippen LogP contribution in [-0.4, -0.2) is 29.9 Å². The number of nitrogen functional groups attached to an aromatic ring is 1. The highest BCUT2D eigenvalue weighted by Crippen LogP contribution is 2.13. The van der Waals surface area contributed by atoms with Gasteiger partial charge in [0.2, 0.25) is 5.91 Å². The van der Waals surface area contributed by atoms with Crippen LogP contribution >= 0.6 is 0 Å². The Morgan fingerprint density at radius 3 is 2.40 bits per heavy atom. The van der Waals surface area contributed by atoms with Gasteiger partial charge in [-0.3, -0.25) is 9.69 Å². The molecule has 0 saturated heterocycles. The van der Waals surface area contributed by atoms with E-state index >= 15 is 0 Å². The predicted molar refractivity (Wildman–Crippen MR) is 85.7 cm³/mol. The van der Waals surface area contributed by atoms with Gasteiger partial charge in [0, 0.05) is 11.4 Å². The Morgan fingerprint density at radius 1 is 1.25 bits per heavy atom. The Bertz CT molecular complexity index is 403. The number of anilines is 2. The minimum absolute atomic E-state index is 0.0650. The van der Waals surface area contributed by atoms with Crippen molar-refractivity contribution in [3.8, 4) is 0 Å². The Hall–Kier alpha value is -1.55. The molecule has 0 bridgehead atoms. The quantitative estimate of drug-likeness (QED) is 0.718. The highest BCUT2D eigenvalue weighted by atomic mass is 16.2. The highest BCUT2D eigenvalue weighted by molar-refractivity contribution is 5.94. The number of nitrogens with two attached hydrogens (primary N) is 1. The molecule has 1 atom stereocenters. The molecule has 1 aromatic carbocycles. The van der Waals surface area contributed by atoms with Crippen LogP contribution in [0.15, 0.2) is 24.3 Å². The van der Waals surface area contributed by atoms with Gasteiger partial charge >= 0.3 is 0 Å². The molecule has 3 N–H and O–H groups in total. The standard InChI is InChI=1S/C16H27N3O/c1-4-7-12-19(6-3)15(5-2)16(20)18-14-10-8-13(17)9-11-14/h8-11,15H,4-7,12,17H2,1-3H3,(H,18,20). The Balaban J connectivity index is 2.67. The van der Waals surface area contributed by atoms with Crippen LogP contribution in [0.5, 0.6) is 0 Å². The maximum Gasteiger partial charge on any atom is 0.241 e. The lowest BCUT2D eigenvalue weighted by molar-refractivity contribution is -0.121. The number of likely N-dealkylation sites (N-methyl/N-ethyl adjacent to an activating group) is 1. The van der Waals surface area contributed by atoms with Crippen molar-refractivity contribution in [2.75, 3.05) is 24.1 Å². The first-order valence-corrected chi connectivity index (χ1v) is 7.52. The fourth-order valence-corrected chi connectivity index (χ4v) is 2.30. The molecule has 20 heavy (non-hydrogen) atoms. The van der Waals surface area contributed by atoms with E-state index in [1.165, 1.54) is 0 Å². The van der Waals surface area contributed by atoms with Crippen LogP contribution in [0, 0.1) is 0 Å². The van der Waals surface area contributed by atoms with Gasteiger partial charge in [-0.15, -0.1) is 0 Å². The number of carbonyl (C=O) groups excluding carboxylic acids is 1. The van der Waals surface area contributed by atoms with Crippen LogP contribution in [-0.2, 0) is 4.79 Å². The van der Waals surface area contributed by atoms with Crippen LogP contribution in [0.1, 0.15) is 40.0 Å². The fraction of sp³-hybridized carbons (Fsp3) is 0.562. The van der Waals surface area contributed by atoms with E-state index in [2.05, 4.69) is 31.0 Å². The van der Waals surface area contributed by atoms with Crippen LogP contribution in [0.25, 0.3) is 0 Å². The van der Waals surface area contributed by atoms with Crippen LogP contribution in [0.4, 0.5) is 11.4 Å². The molecule has 1 amide bonds. The van der Waals surface area contributed by atoms with Gasteiger partial charge in [-0.05, 0) is 50.2 Å². The maximum atomic E-state index is 12.4. The summed E-state index contributed by atoms with van der Waals surface area (Å²) in [5, 5.41) is 2.98. The number of hydrogen-bond acceptors (Lipinski definition) is 3. The second-order valence-electron chi connectivity index (χ2n) is 5.02. The normalized spacial score (nSPS) is 12.4. The van der Waals surface area contributed by atoms with Crippen molar-refractivity contribution in [3.63, 3.8) is 0 Å². The molecule has 0 radical (unpaired) electrons. The molecule has 112 valence electrons. The third-order valence-corrected chi connectivity index (χ3v) is 3.51. The summed E-state index contributed by atoms with van der Waals surface area (Å²) in [5.74, 6) is 0.0650. The SMILES string of the molecule is CCCCN(CC)C(CC)C(=O)Nc1ccc(N)cc1. The average Bonchev–Trinajstić information content (AvgIpc) is 2.45. The van der Waals surface area contributed by atoms with E-state index in [1.54, 1.807) is 12.1 Å². The number of unbranched alkanes of at least 4 members (excludes halogenated alkanes) is 1. The van der Waals surface area contributed by atoms with Crippen molar-refractivity contribution in [2.24, 2.45) is 0 Å². The molecule has 4 heteroatoms. The topological polar surface area (TPSA) is 58.4 Å². The molecule has 0 aliphatic carbocycles. The van der Waals surface area contributed by atoms with E-state index in [9.17, 15) is 4.79 Å². The van der Waals surface area contributed by atoms with Crippen molar-refractivity contribution in [2.45, 2.75) is 46.1 Å². The van der Waals surface area contributed by atoms with Gasteiger partial charge in [0.05, 0.1) is 6.04 Å². The summed E-state index contributed by atoms with van der Waals surface area (Å²) >= 11 is 0. The van der Waals surface area contributed by atoms with Crippen molar-refractivity contribution >= 4 is 17.3 Å². The predicted octanol–water partition coefficient (Wildman–Crippen LogP) is 3.11. The van der Waals surface area contributed by atoms with Gasteiger partial charge in [-0.1, -0.05) is 27.2 Å². The number of rotatable bonds is 8. The largest absolute Gasteiger partial charge is 0.399 e. The number of amides is 1. The highest BCUT2D eigenvalue weighted by Gasteiger charge is 2.22. The molecule has 0 spiro atoms. The summed E-state index contributed by atoms with van der Waals surface area (Å²) in [4.78, 5) is 14.7.